The van der Waals surface area contributed by atoms with Gasteiger partial charge in [-0.1, -0.05) is 0 Å². The number of rotatable bonds is 5. The first-order chi connectivity index (χ1) is 10.1. The molecule has 7 heteroatoms. The summed E-state index contributed by atoms with van der Waals surface area (Å²) in [5.41, 5.74) is 1.54. The van der Waals surface area contributed by atoms with Crippen molar-refractivity contribution in [2.75, 3.05) is 0 Å². The molecule has 2 aromatic rings. The third-order valence-corrected chi connectivity index (χ3v) is 2.70. The fourth-order valence-corrected chi connectivity index (χ4v) is 1.73. The van der Waals surface area contributed by atoms with Gasteiger partial charge in [0.25, 0.3) is 5.91 Å². The van der Waals surface area contributed by atoms with Crippen LogP contribution in [0.25, 0.3) is 6.08 Å². The van der Waals surface area contributed by atoms with Gasteiger partial charge in [-0.15, -0.1) is 0 Å². The van der Waals surface area contributed by atoms with E-state index in [2.05, 4.69) is 15.4 Å². The van der Waals surface area contributed by atoms with Crippen molar-refractivity contribution in [2.45, 2.75) is 6.54 Å². The number of carbonyl (C=O) groups is 2. The lowest BCUT2D eigenvalue weighted by atomic mass is 10.1. The molecule has 1 amide bonds. The summed E-state index contributed by atoms with van der Waals surface area (Å²) >= 11 is 0. The molecule has 108 valence electrons. The highest BCUT2D eigenvalue weighted by molar-refractivity contribution is 5.98. The highest BCUT2D eigenvalue weighted by Gasteiger charge is 2.10. The smallest absolute Gasteiger partial charge is 0.328 e. The van der Waals surface area contributed by atoms with Crippen molar-refractivity contribution in [2.24, 2.45) is 7.05 Å². The van der Waals surface area contributed by atoms with Crippen molar-refractivity contribution in [1.82, 2.24) is 20.1 Å². The number of amides is 1. The van der Waals surface area contributed by atoms with Gasteiger partial charge in [0.2, 0.25) is 0 Å². The Bertz CT molecular complexity index is 691. The topological polar surface area (TPSA) is 97.1 Å². The highest BCUT2D eigenvalue weighted by atomic mass is 16.4. The van der Waals surface area contributed by atoms with Crippen LogP contribution >= 0.6 is 0 Å². The lowest BCUT2D eigenvalue weighted by Gasteiger charge is -2.06. The molecule has 0 aliphatic heterocycles. The van der Waals surface area contributed by atoms with Gasteiger partial charge in [0.15, 0.2) is 0 Å². The van der Waals surface area contributed by atoms with E-state index in [1.54, 1.807) is 24.0 Å². The monoisotopic (exact) mass is 286 g/mol. The second-order valence-corrected chi connectivity index (χ2v) is 4.30. The maximum atomic E-state index is 12.1. The third kappa shape index (κ3) is 4.00. The second kappa shape index (κ2) is 6.47. The van der Waals surface area contributed by atoms with Gasteiger partial charge in [-0.2, -0.15) is 5.10 Å². The zero-order valence-corrected chi connectivity index (χ0v) is 11.4. The van der Waals surface area contributed by atoms with E-state index < -0.39 is 5.97 Å². The lowest BCUT2D eigenvalue weighted by molar-refractivity contribution is -0.131. The number of pyridine rings is 1. The van der Waals surface area contributed by atoms with Crippen LogP contribution in [-0.4, -0.2) is 31.7 Å². The van der Waals surface area contributed by atoms with E-state index in [9.17, 15) is 9.59 Å². The minimum absolute atomic E-state index is 0.296. The van der Waals surface area contributed by atoms with Crippen molar-refractivity contribution in [3.05, 3.63) is 53.6 Å². The van der Waals surface area contributed by atoms with Crippen molar-refractivity contribution >= 4 is 18.0 Å². The molecular formula is C14H14N4O3. The Morgan fingerprint density at radius 3 is 2.90 bits per heavy atom. The van der Waals surface area contributed by atoms with Crippen LogP contribution in [0.2, 0.25) is 0 Å². The lowest BCUT2D eigenvalue weighted by Crippen LogP contribution is -2.24. The van der Waals surface area contributed by atoms with Crippen LogP contribution in [-0.2, 0) is 18.4 Å². The van der Waals surface area contributed by atoms with E-state index in [1.807, 2.05) is 0 Å². The summed E-state index contributed by atoms with van der Waals surface area (Å²) in [5, 5.41) is 15.5. The third-order valence-electron chi connectivity index (χ3n) is 2.70. The summed E-state index contributed by atoms with van der Waals surface area (Å²) in [6.07, 6.45) is 7.01. The quantitative estimate of drug-likeness (QED) is 0.794. The van der Waals surface area contributed by atoms with Gasteiger partial charge in [-0.3, -0.25) is 14.5 Å². The predicted octanol–water partition coefficient (Wildman–Crippen LogP) is 0.843. The van der Waals surface area contributed by atoms with E-state index in [1.165, 1.54) is 24.5 Å². The van der Waals surface area contributed by atoms with Crippen LogP contribution in [0, 0.1) is 0 Å². The molecule has 21 heavy (non-hydrogen) atoms. The first-order valence-corrected chi connectivity index (χ1v) is 6.18. The number of aryl methyl sites for hydroxylation is 1. The average molecular weight is 286 g/mol. The molecule has 0 spiro atoms. The maximum absolute atomic E-state index is 12.1. The average Bonchev–Trinajstić information content (AvgIpc) is 2.88. The Morgan fingerprint density at radius 1 is 1.43 bits per heavy atom. The highest BCUT2D eigenvalue weighted by Crippen LogP contribution is 2.09. The molecule has 0 atom stereocenters. The van der Waals surface area contributed by atoms with Crippen molar-refractivity contribution in [1.29, 1.82) is 0 Å². The molecule has 0 aliphatic carbocycles. The molecule has 0 unspecified atom stereocenters. The molecule has 0 fully saturated rings. The SMILES string of the molecule is Cn1ccc(CNC(=O)c2ccncc2/C=C/C(=O)O)n1. The molecule has 2 aromatic heterocycles. The molecule has 0 aromatic carbocycles. The van der Waals surface area contributed by atoms with Crippen LogP contribution in [0.5, 0.6) is 0 Å². The fraction of sp³-hybridized carbons (Fsp3) is 0.143. The van der Waals surface area contributed by atoms with Gasteiger partial charge in [-0.25, -0.2) is 4.79 Å². The normalized spacial score (nSPS) is 10.7. The van der Waals surface area contributed by atoms with Crippen LogP contribution in [0.3, 0.4) is 0 Å². The Labute approximate surface area is 120 Å². The largest absolute Gasteiger partial charge is 0.478 e. The first kappa shape index (κ1) is 14.4. The molecule has 0 radical (unpaired) electrons. The van der Waals surface area contributed by atoms with E-state index >= 15 is 0 Å². The number of aromatic nitrogens is 3. The second-order valence-electron chi connectivity index (χ2n) is 4.30. The standard InChI is InChI=1S/C14H14N4O3/c1-18-7-5-11(17-18)9-16-14(21)12-4-6-15-8-10(12)2-3-13(19)20/h2-8H,9H2,1H3,(H,16,21)(H,19,20)/b3-2+. The van der Waals surface area contributed by atoms with E-state index in [-0.39, 0.29) is 5.91 Å². The van der Waals surface area contributed by atoms with Crippen LogP contribution in [0.1, 0.15) is 21.6 Å². The van der Waals surface area contributed by atoms with Crippen molar-refractivity contribution in [3.8, 4) is 0 Å². The molecule has 2 heterocycles. The Kier molecular flexibility index (Phi) is 4.45. The molecular weight excluding hydrogens is 272 g/mol. The number of hydrogen-bond acceptors (Lipinski definition) is 4. The maximum Gasteiger partial charge on any atom is 0.328 e. The molecule has 2 rings (SSSR count). The molecule has 0 bridgehead atoms. The van der Waals surface area contributed by atoms with Crippen molar-refractivity contribution < 1.29 is 14.7 Å². The number of nitrogens with zero attached hydrogens (tertiary/aromatic N) is 3. The van der Waals surface area contributed by atoms with Gasteiger partial charge in [0.1, 0.15) is 0 Å². The van der Waals surface area contributed by atoms with E-state index in [0.717, 1.165) is 11.8 Å². The minimum Gasteiger partial charge on any atom is -0.478 e. The number of nitrogens with one attached hydrogen (secondary N) is 1. The fourth-order valence-electron chi connectivity index (χ4n) is 1.73. The first-order valence-electron chi connectivity index (χ1n) is 6.18. The van der Waals surface area contributed by atoms with E-state index in [4.69, 9.17) is 5.11 Å². The molecule has 2 N–H and O–H groups in total. The van der Waals surface area contributed by atoms with Crippen LogP contribution in [0.15, 0.2) is 36.8 Å². The molecule has 7 nitrogen and oxygen atoms in total. The van der Waals surface area contributed by atoms with E-state index in [0.29, 0.717) is 17.7 Å². The number of carboxylic acid groups (broad SMARTS) is 1. The Balaban J connectivity index is 2.10. The summed E-state index contributed by atoms with van der Waals surface area (Å²) in [5.74, 6) is -1.40. The van der Waals surface area contributed by atoms with Gasteiger partial charge in [0.05, 0.1) is 12.2 Å². The van der Waals surface area contributed by atoms with Gasteiger partial charge in [0, 0.05) is 42.8 Å². The van der Waals surface area contributed by atoms with Gasteiger partial charge in [-0.05, 0) is 18.2 Å². The Morgan fingerprint density at radius 2 is 2.24 bits per heavy atom. The number of hydrogen-bond donors (Lipinski definition) is 2. The van der Waals surface area contributed by atoms with Crippen LogP contribution in [0.4, 0.5) is 0 Å². The van der Waals surface area contributed by atoms with Gasteiger partial charge >= 0.3 is 5.97 Å². The zero-order chi connectivity index (χ0) is 15.2. The predicted molar refractivity (Wildman–Crippen MR) is 75.3 cm³/mol. The zero-order valence-electron chi connectivity index (χ0n) is 11.4. The number of carbonyl (C=O) groups excluding carboxylic acids is 1. The summed E-state index contributed by atoms with van der Waals surface area (Å²) in [4.78, 5) is 26.6. The van der Waals surface area contributed by atoms with Crippen LogP contribution < -0.4 is 5.32 Å². The summed E-state index contributed by atoms with van der Waals surface area (Å²) in [7, 11) is 1.79. The number of aliphatic carboxylic acids is 1. The van der Waals surface area contributed by atoms with Crippen molar-refractivity contribution in [3.63, 3.8) is 0 Å². The number of carboxylic acids is 1. The summed E-state index contributed by atoms with van der Waals surface area (Å²) < 4.78 is 1.65. The minimum atomic E-state index is -1.08. The molecule has 0 saturated heterocycles. The summed E-state index contributed by atoms with van der Waals surface area (Å²) in [6.45, 7) is 0.296. The Hall–Kier alpha value is -2.96. The molecule has 0 saturated carbocycles. The summed E-state index contributed by atoms with van der Waals surface area (Å²) in [6, 6.07) is 3.34. The molecule has 0 aliphatic rings. The van der Waals surface area contributed by atoms with Gasteiger partial charge < -0.3 is 10.4 Å².